The predicted octanol–water partition coefficient (Wildman–Crippen LogP) is 1.61. The van der Waals surface area contributed by atoms with Crippen LogP contribution in [0, 0.1) is 0 Å². The van der Waals surface area contributed by atoms with E-state index in [4.69, 9.17) is 0 Å². The molecule has 0 atom stereocenters. The summed E-state index contributed by atoms with van der Waals surface area (Å²) in [7, 11) is -4.24. The molecular weight excluding hydrogens is 175 g/mol. The molecule has 1 rings (SSSR count). The second-order valence-electron chi connectivity index (χ2n) is 3.83. The molecule has 12 heavy (non-hydrogen) atoms. The summed E-state index contributed by atoms with van der Waals surface area (Å²) in [5, 5.41) is 0. The second-order valence-corrected chi connectivity index (χ2v) is 7.64. The first kappa shape index (κ1) is 10.4. The predicted molar refractivity (Wildman–Crippen MR) is 51.0 cm³/mol. The molecule has 1 saturated carbocycles. The molecule has 0 aromatic heterocycles. The van der Waals surface area contributed by atoms with Crippen LogP contribution in [0.5, 0.6) is 0 Å². The first-order chi connectivity index (χ1) is 5.44. The second kappa shape index (κ2) is 3.22. The van der Waals surface area contributed by atoms with Gasteiger partial charge in [-0.2, -0.15) is 0 Å². The fraction of sp³-hybridized carbons (Fsp3) is 1.00. The minimum atomic E-state index is -4.24. The first-order valence-corrected chi connectivity index (χ1v) is 7.05. The van der Waals surface area contributed by atoms with E-state index in [2.05, 4.69) is 0 Å². The van der Waals surface area contributed by atoms with Crippen LogP contribution in [0.15, 0.2) is 0 Å². The van der Waals surface area contributed by atoms with Gasteiger partial charge in [0.25, 0.3) is 0 Å². The molecule has 3 nitrogen and oxygen atoms in total. The van der Waals surface area contributed by atoms with Crippen LogP contribution in [0.2, 0.25) is 0 Å². The Bertz CT molecular complexity index is 155. The van der Waals surface area contributed by atoms with Crippen molar-refractivity contribution >= 4 is 7.28 Å². The van der Waals surface area contributed by atoms with E-state index in [-0.39, 0.29) is 11.8 Å². The van der Waals surface area contributed by atoms with Crippen molar-refractivity contribution < 1.29 is 14.7 Å². The van der Waals surface area contributed by atoms with Crippen molar-refractivity contribution in [2.45, 2.75) is 44.7 Å². The van der Waals surface area contributed by atoms with Crippen molar-refractivity contribution in [2.24, 2.45) is 0 Å². The molecule has 0 bridgehead atoms. The fourth-order valence-electron chi connectivity index (χ4n) is 1.87. The summed E-state index contributed by atoms with van der Waals surface area (Å²) < 4.78 is 0. The average Bonchev–Trinajstić information content (AvgIpc) is 2.06. The molecule has 0 spiro atoms. The van der Waals surface area contributed by atoms with Gasteiger partial charge in [-0.05, 0) is 0 Å². The van der Waals surface area contributed by atoms with Gasteiger partial charge < -0.3 is 0 Å². The first-order valence-electron chi connectivity index (χ1n) is 4.70. The Morgan fingerprint density at radius 2 is 1.58 bits per heavy atom. The molecule has 1 aliphatic carbocycles. The van der Waals surface area contributed by atoms with E-state index in [9.17, 15) is 14.7 Å². The van der Waals surface area contributed by atoms with Crippen molar-refractivity contribution in [1.29, 1.82) is 0 Å². The monoisotopic (exact) mass is 194 g/mol. The normalized spacial score (nSPS) is 24.8. The number of hydrogen-bond donors (Lipinski definition) is 3. The summed E-state index contributed by atoms with van der Waals surface area (Å²) in [6, 6.07) is 0. The molecule has 3 N–H and O–H groups in total. The topological polar surface area (TPSA) is 60.7 Å². The van der Waals surface area contributed by atoms with E-state index >= 15 is 0 Å². The summed E-state index contributed by atoms with van der Waals surface area (Å²) in [5.74, 6) is 0. The zero-order valence-electron chi connectivity index (χ0n) is 7.61. The molecule has 1 aliphatic rings. The average molecular weight is 194 g/mol. The molecular formula is C8H19O3P. The molecule has 0 heterocycles. The fourth-order valence-corrected chi connectivity index (χ4v) is 3.81. The third-order valence-corrected chi connectivity index (χ3v) is 6.16. The maximum atomic E-state index is 9.65. The maximum absolute atomic E-state index is 9.65. The zero-order valence-corrected chi connectivity index (χ0v) is 8.50. The van der Waals surface area contributed by atoms with Crippen LogP contribution in [0.25, 0.3) is 0 Å². The number of rotatable bonds is 2. The summed E-state index contributed by atoms with van der Waals surface area (Å²) in [6.45, 7) is 1.65. The van der Waals surface area contributed by atoms with Crippen LogP contribution < -0.4 is 0 Å². The Balaban J connectivity index is 2.65. The van der Waals surface area contributed by atoms with Crippen molar-refractivity contribution in [2.75, 3.05) is 6.16 Å². The molecule has 1 fully saturated rings. The van der Waals surface area contributed by atoms with Crippen LogP contribution in [0.1, 0.15) is 39.0 Å². The summed E-state index contributed by atoms with van der Waals surface area (Å²) in [4.78, 5) is 29.0. The molecule has 0 saturated heterocycles. The van der Waals surface area contributed by atoms with Crippen molar-refractivity contribution in [3.8, 4) is 0 Å². The van der Waals surface area contributed by atoms with Crippen molar-refractivity contribution in [1.82, 2.24) is 0 Å². The Labute approximate surface area is 73.6 Å². The van der Waals surface area contributed by atoms with Gasteiger partial charge in [0.15, 0.2) is 0 Å². The van der Waals surface area contributed by atoms with E-state index in [0.717, 1.165) is 32.1 Å². The SMILES string of the molecule is CCP(O)(O)(O)C1CCCCC1. The van der Waals surface area contributed by atoms with Gasteiger partial charge in [-0.1, -0.05) is 0 Å². The van der Waals surface area contributed by atoms with Gasteiger partial charge in [0, 0.05) is 0 Å². The van der Waals surface area contributed by atoms with Gasteiger partial charge in [0.1, 0.15) is 0 Å². The van der Waals surface area contributed by atoms with Crippen LogP contribution in [-0.4, -0.2) is 26.5 Å². The molecule has 0 radical (unpaired) electrons. The zero-order chi connectivity index (χ0) is 9.27. The molecule has 0 aliphatic heterocycles. The van der Waals surface area contributed by atoms with Gasteiger partial charge in [-0.15, -0.1) is 0 Å². The van der Waals surface area contributed by atoms with Crippen LogP contribution in [0.3, 0.4) is 0 Å². The van der Waals surface area contributed by atoms with Gasteiger partial charge in [-0.25, -0.2) is 0 Å². The van der Waals surface area contributed by atoms with Crippen LogP contribution >= 0.6 is 7.28 Å². The van der Waals surface area contributed by atoms with E-state index in [1.165, 1.54) is 0 Å². The Kier molecular flexibility index (Phi) is 2.79. The molecule has 4 heteroatoms. The standard InChI is InChI=1S/C8H19O3P/c1-2-12(9,10,11)8-6-4-3-5-7-8/h8-11H,2-7H2,1H3. The van der Waals surface area contributed by atoms with Crippen molar-refractivity contribution in [3.63, 3.8) is 0 Å². The van der Waals surface area contributed by atoms with Gasteiger partial charge in [0.05, 0.1) is 0 Å². The molecule has 0 aromatic rings. The van der Waals surface area contributed by atoms with Crippen molar-refractivity contribution in [3.05, 3.63) is 0 Å². The van der Waals surface area contributed by atoms with Gasteiger partial charge >= 0.3 is 72.8 Å². The third-order valence-electron chi connectivity index (χ3n) is 2.93. The van der Waals surface area contributed by atoms with E-state index in [1.807, 2.05) is 0 Å². The quantitative estimate of drug-likeness (QED) is 0.585. The summed E-state index contributed by atoms with van der Waals surface area (Å²) in [6.07, 6.45) is 4.85. The molecule has 0 amide bonds. The molecule has 0 unspecified atom stereocenters. The van der Waals surface area contributed by atoms with Crippen LogP contribution in [0.4, 0.5) is 0 Å². The number of hydrogen-bond acceptors (Lipinski definition) is 3. The van der Waals surface area contributed by atoms with E-state index < -0.39 is 7.28 Å². The molecule has 0 aromatic carbocycles. The summed E-state index contributed by atoms with van der Waals surface area (Å²) >= 11 is 0. The van der Waals surface area contributed by atoms with Gasteiger partial charge in [0.2, 0.25) is 0 Å². The van der Waals surface area contributed by atoms with Gasteiger partial charge in [-0.3, -0.25) is 0 Å². The Morgan fingerprint density at radius 1 is 1.08 bits per heavy atom. The van der Waals surface area contributed by atoms with Crippen LogP contribution in [-0.2, 0) is 0 Å². The van der Waals surface area contributed by atoms with E-state index in [1.54, 1.807) is 6.92 Å². The minimum absolute atomic E-state index is 0.107. The Hall–Kier alpha value is 0.310. The third kappa shape index (κ3) is 2.17. The Morgan fingerprint density at radius 3 is 2.00 bits per heavy atom. The summed E-state index contributed by atoms with van der Waals surface area (Å²) in [5.41, 5.74) is -0.241. The van der Waals surface area contributed by atoms with E-state index in [0.29, 0.717) is 0 Å². The molecule has 74 valence electrons.